The number of nitrogens with one attached hydrogen (secondary N) is 1. The lowest BCUT2D eigenvalue weighted by atomic mass is 10.2. The second-order valence-electron chi connectivity index (χ2n) is 6.16. The van der Waals surface area contributed by atoms with E-state index in [1.54, 1.807) is 6.07 Å². The lowest BCUT2D eigenvalue weighted by Crippen LogP contribution is -2.42. The van der Waals surface area contributed by atoms with Crippen LogP contribution in [0.1, 0.15) is 6.42 Å². The van der Waals surface area contributed by atoms with Crippen molar-refractivity contribution in [3.8, 4) is 0 Å². The third-order valence-electron chi connectivity index (χ3n) is 4.09. The number of aromatic nitrogens is 2. The summed E-state index contributed by atoms with van der Waals surface area (Å²) in [6, 6.07) is 4.31. The predicted molar refractivity (Wildman–Crippen MR) is 96.3 cm³/mol. The van der Waals surface area contributed by atoms with E-state index in [1.807, 2.05) is 0 Å². The number of nitrogens with zero attached hydrogens (tertiary/aromatic N) is 3. The Kier molecular flexibility index (Phi) is 6.15. The molecule has 1 aliphatic heterocycles. The number of carbonyl (C=O) groups excluding carboxylic acids is 2. The maximum absolute atomic E-state index is 13.1. The number of sulfonamides is 1. The van der Waals surface area contributed by atoms with E-state index in [0.29, 0.717) is 0 Å². The number of aliphatic hydroxyl groups excluding tert-OH is 1. The lowest BCUT2D eigenvalue weighted by Gasteiger charge is -2.22. The molecule has 0 bridgehead atoms. The number of aliphatic hydroxyl groups is 1. The Morgan fingerprint density at radius 2 is 1.90 bits per heavy atom. The first-order chi connectivity index (χ1) is 13.8. The molecule has 1 saturated heterocycles. The van der Waals surface area contributed by atoms with Crippen molar-refractivity contribution in [2.45, 2.75) is 23.5 Å². The molecule has 0 spiro atoms. The summed E-state index contributed by atoms with van der Waals surface area (Å²) in [6.45, 7) is -1.02. The van der Waals surface area contributed by atoms with Gasteiger partial charge in [-0.15, -0.1) is 0 Å². The molecule has 0 saturated carbocycles. The minimum absolute atomic E-state index is 0.0188. The normalized spacial score (nSPS) is 19.7. The van der Waals surface area contributed by atoms with Crippen LogP contribution >= 0.6 is 0 Å². The van der Waals surface area contributed by atoms with E-state index in [4.69, 9.17) is 4.74 Å². The Hall–Kier alpha value is -2.96. The van der Waals surface area contributed by atoms with Crippen LogP contribution in [0.3, 0.4) is 0 Å². The van der Waals surface area contributed by atoms with Gasteiger partial charge < -0.3 is 9.84 Å². The zero-order valence-electron chi connectivity index (χ0n) is 14.9. The Balaban J connectivity index is 1.67. The van der Waals surface area contributed by atoms with Crippen LogP contribution in [0.15, 0.2) is 47.6 Å². The molecule has 154 valence electrons. The van der Waals surface area contributed by atoms with Crippen molar-refractivity contribution in [2.75, 3.05) is 18.5 Å². The highest BCUT2D eigenvalue weighted by molar-refractivity contribution is 7.89. The molecule has 2 N–H and O–H groups in total. The van der Waals surface area contributed by atoms with E-state index < -0.39 is 46.5 Å². The fraction of sp³-hybridized carbons (Fsp3) is 0.294. The van der Waals surface area contributed by atoms with Crippen molar-refractivity contribution in [2.24, 2.45) is 0 Å². The summed E-state index contributed by atoms with van der Waals surface area (Å²) in [5.74, 6) is -2.30. The molecule has 3 rings (SSSR count). The summed E-state index contributed by atoms with van der Waals surface area (Å²) < 4.78 is 44.3. The van der Waals surface area contributed by atoms with Crippen molar-refractivity contribution in [3.05, 3.63) is 48.5 Å². The molecule has 29 heavy (non-hydrogen) atoms. The summed E-state index contributed by atoms with van der Waals surface area (Å²) >= 11 is 0. The second kappa shape index (κ2) is 8.59. The summed E-state index contributed by atoms with van der Waals surface area (Å²) in [6.07, 6.45) is 1.54. The number of β-amino-alcohol motifs (C(OH)–C–C–N with tert-alkyl or cyclic N) is 1. The maximum atomic E-state index is 13.1. The Morgan fingerprint density at radius 3 is 2.55 bits per heavy atom. The van der Waals surface area contributed by atoms with Gasteiger partial charge in [-0.25, -0.2) is 22.8 Å². The number of amides is 1. The molecule has 12 heteroatoms. The average molecular weight is 424 g/mol. The highest BCUT2D eigenvalue weighted by Crippen LogP contribution is 2.27. The predicted octanol–water partition coefficient (Wildman–Crippen LogP) is -0.0785. The standard InChI is InChI=1S/C17H17FN4O6S/c18-11-2-4-13(5-3-11)29(26,27)22-9-12(23)8-14(22)16(25)28-10-15(24)21-17-19-6-1-7-20-17/h1-7,12,14,23H,8-10H2,(H,19,20,21,24)/t12-,14-/m1/s1. The average Bonchev–Trinajstić information content (AvgIpc) is 3.10. The largest absolute Gasteiger partial charge is 0.454 e. The third kappa shape index (κ3) is 4.91. The summed E-state index contributed by atoms with van der Waals surface area (Å²) in [5.41, 5.74) is 0. The lowest BCUT2D eigenvalue weighted by molar-refractivity contribution is -0.150. The van der Waals surface area contributed by atoms with Crippen LogP contribution in [0.4, 0.5) is 10.3 Å². The monoisotopic (exact) mass is 424 g/mol. The number of esters is 1. The minimum Gasteiger partial charge on any atom is -0.454 e. The number of hydrogen-bond donors (Lipinski definition) is 2. The number of ether oxygens (including phenoxy) is 1. The topological polar surface area (TPSA) is 139 Å². The molecular weight excluding hydrogens is 407 g/mol. The summed E-state index contributed by atoms with van der Waals surface area (Å²) in [5, 5.41) is 12.2. The van der Waals surface area contributed by atoms with Gasteiger partial charge in [0.2, 0.25) is 16.0 Å². The van der Waals surface area contributed by atoms with Gasteiger partial charge in [0, 0.05) is 25.4 Å². The van der Waals surface area contributed by atoms with Crippen LogP contribution in [-0.4, -0.2) is 65.0 Å². The van der Waals surface area contributed by atoms with Gasteiger partial charge in [-0.2, -0.15) is 4.31 Å². The van der Waals surface area contributed by atoms with Gasteiger partial charge in [0.05, 0.1) is 11.0 Å². The number of hydrogen-bond acceptors (Lipinski definition) is 8. The van der Waals surface area contributed by atoms with Gasteiger partial charge in [0.1, 0.15) is 11.9 Å². The second-order valence-corrected chi connectivity index (χ2v) is 8.05. The first kappa shape index (κ1) is 20.8. The van der Waals surface area contributed by atoms with Gasteiger partial charge in [0.25, 0.3) is 5.91 Å². The van der Waals surface area contributed by atoms with Crippen molar-refractivity contribution >= 4 is 27.8 Å². The summed E-state index contributed by atoms with van der Waals surface area (Å²) in [7, 11) is -4.18. The molecule has 0 unspecified atom stereocenters. The van der Waals surface area contributed by atoms with Crippen molar-refractivity contribution in [1.29, 1.82) is 0 Å². The van der Waals surface area contributed by atoms with Crippen LogP contribution in [0, 0.1) is 5.82 Å². The van der Waals surface area contributed by atoms with Crippen LogP contribution in [0.2, 0.25) is 0 Å². The van der Waals surface area contributed by atoms with Crippen LogP contribution < -0.4 is 5.32 Å². The Labute approximate surface area is 165 Å². The number of benzene rings is 1. The number of rotatable bonds is 6. The highest BCUT2D eigenvalue weighted by Gasteiger charge is 2.44. The molecule has 2 atom stereocenters. The number of anilines is 1. The molecule has 1 aromatic heterocycles. The SMILES string of the molecule is O=C(COC(=O)[C@H]1C[C@@H](O)CN1S(=O)(=O)c1ccc(F)cc1)Nc1ncccn1. The first-order valence-electron chi connectivity index (χ1n) is 8.46. The molecule has 10 nitrogen and oxygen atoms in total. The fourth-order valence-corrected chi connectivity index (χ4v) is 4.39. The van der Waals surface area contributed by atoms with E-state index in [2.05, 4.69) is 15.3 Å². The van der Waals surface area contributed by atoms with Gasteiger partial charge in [-0.3, -0.25) is 14.9 Å². The van der Waals surface area contributed by atoms with Gasteiger partial charge in [-0.05, 0) is 30.3 Å². The molecule has 1 fully saturated rings. The van der Waals surface area contributed by atoms with Gasteiger partial charge in [-0.1, -0.05) is 0 Å². The quantitative estimate of drug-likeness (QED) is 0.614. The smallest absolute Gasteiger partial charge is 0.325 e. The first-order valence-corrected chi connectivity index (χ1v) is 9.90. The molecule has 0 aliphatic carbocycles. The molecule has 2 heterocycles. The van der Waals surface area contributed by atoms with Crippen molar-refractivity contribution < 1.29 is 32.2 Å². The molecule has 1 amide bonds. The zero-order valence-corrected chi connectivity index (χ0v) is 15.8. The minimum atomic E-state index is -4.18. The van der Waals surface area contributed by atoms with Gasteiger partial charge >= 0.3 is 5.97 Å². The zero-order chi connectivity index (χ0) is 21.0. The number of carbonyl (C=O) groups is 2. The Bertz CT molecular complexity index is 987. The fourth-order valence-electron chi connectivity index (χ4n) is 2.76. The van der Waals surface area contributed by atoms with E-state index >= 15 is 0 Å². The van der Waals surface area contributed by atoms with Crippen molar-refractivity contribution in [3.63, 3.8) is 0 Å². The van der Waals surface area contributed by atoms with Crippen LogP contribution in [0.5, 0.6) is 0 Å². The van der Waals surface area contributed by atoms with Crippen molar-refractivity contribution in [1.82, 2.24) is 14.3 Å². The summed E-state index contributed by atoms with van der Waals surface area (Å²) in [4.78, 5) is 31.6. The van der Waals surface area contributed by atoms with Crippen LogP contribution in [0.25, 0.3) is 0 Å². The molecule has 2 aromatic rings. The van der Waals surface area contributed by atoms with E-state index in [9.17, 15) is 27.5 Å². The van der Waals surface area contributed by atoms with Gasteiger partial charge in [0.15, 0.2) is 6.61 Å². The maximum Gasteiger partial charge on any atom is 0.325 e. The third-order valence-corrected chi connectivity index (χ3v) is 5.98. The van der Waals surface area contributed by atoms with E-state index in [0.717, 1.165) is 28.6 Å². The van der Waals surface area contributed by atoms with E-state index in [1.165, 1.54) is 12.4 Å². The number of halogens is 1. The molecule has 0 radical (unpaired) electrons. The Morgan fingerprint density at radius 1 is 1.24 bits per heavy atom. The molecule has 1 aliphatic rings. The van der Waals surface area contributed by atoms with Crippen LogP contribution in [-0.2, 0) is 24.3 Å². The molecule has 1 aromatic carbocycles. The van der Waals surface area contributed by atoms with E-state index in [-0.39, 0.29) is 23.8 Å². The molecular formula is C17H17FN4O6S. The highest BCUT2D eigenvalue weighted by atomic mass is 32.2.